The van der Waals surface area contributed by atoms with Gasteiger partial charge in [-0.25, -0.2) is 4.79 Å². The second-order valence-corrected chi connectivity index (χ2v) is 2.51. The molecular weight excluding hydrogens is 196 g/mol. The fourth-order valence-electron chi connectivity index (χ4n) is 0.796. The Kier molecular flexibility index (Phi) is 6.37. The third-order valence-corrected chi connectivity index (χ3v) is 1.47. The molecule has 15 heavy (non-hydrogen) atoms. The number of nitrogens with one attached hydrogen (secondary N) is 1. The summed E-state index contributed by atoms with van der Waals surface area (Å²) in [6.07, 6.45) is 6.15. The molecule has 0 radical (unpaired) electrons. The summed E-state index contributed by atoms with van der Waals surface area (Å²) in [5.74, 6) is -1.72. The lowest BCUT2D eigenvalue weighted by Crippen LogP contribution is -2.33. The molecule has 0 aliphatic heterocycles. The number of esters is 1. The largest absolute Gasteiger partial charge is 0.462 e. The van der Waals surface area contributed by atoms with E-state index < -0.39 is 11.9 Å². The molecule has 0 aliphatic rings. The molecule has 0 unspecified atom stereocenters. The number of amides is 1. The Balaban J connectivity index is 4.23. The van der Waals surface area contributed by atoms with Crippen LogP contribution in [-0.2, 0) is 14.3 Å². The molecule has 0 aromatic rings. The van der Waals surface area contributed by atoms with Crippen LogP contribution in [-0.4, -0.2) is 25.5 Å². The molecule has 1 amide bonds. The van der Waals surface area contributed by atoms with Gasteiger partial charge in [0, 0.05) is 6.54 Å². The first-order chi connectivity index (χ1) is 7.15. The van der Waals surface area contributed by atoms with E-state index in [0.29, 0.717) is 0 Å². The zero-order valence-electron chi connectivity index (χ0n) is 8.53. The van der Waals surface area contributed by atoms with Crippen molar-refractivity contribution >= 4 is 11.9 Å². The molecule has 5 heteroatoms. The van der Waals surface area contributed by atoms with Gasteiger partial charge in [-0.2, -0.15) is 0 Å². The number of hydrogen-bond acceptors (Lipinski definition) is 4. The van der Waals surface area contributed by atoms with Crippen molar-refractivity contribution in [3.05, 3.63) is 36.6 Å². The van der Waals surface area contributed by atoms with E-state index in [4.69, 9.17) is 5.73 Å². The highest BCUT2D eigenvalue weighted by Crippen LogP contribution is 1.94. The van der Waals surface area contributed by atoms with E-state index in [1.807, 2.05) is 0 Å². The zero-order chi connectivity index (χ0) is 11.7. The van der Waals surface area contributed by atoms with Gasteiger partial charge >= 0.3 is 11.9 Å². The Morgan fingerprint density at radius 1 is 1.53 bits per heavy atom. The molecule has 5 nitrogen and oxygen atoms in total. The Bertz CT molecular complexity index is 306. The number of ether oxygens (including phenoxy) is 1. The Morgan fingerprint density at radius 3 is 2.67 bits per heavy atom. The van der Waals surface area contributed by atoms with Crippen LogP contribution >= 0.6 is 0 Å². The lowest BCUT2D eigenvalue weighted by Gasteiger charge is -2.03. The zero-order valence-corrected chi connectivity index (χ0v) is 8.53. The molecule has 82 valence electrons. The number of carbonyl (C=O) groups excluding carboxylic acids is 2. The molecule has 0 aliphatic carbocycles. The molecule has 0 aromatic heterocycles. The van der Waals surface area contributed by atoms with Crippen molar-refractivity contribution in [3.8, 4) is 0 Å². The predicted molar refractivity (Wildman–Crippen MR) is 56.6 cm³/mol. The van der Waals surface area contributed by atoms with Crippen molar-refractivity contribution in [2.24, 2.45) is 5.73 Å². The molecule has 0 rings (SSSR count). The fourth-order valence-corrected chi connectivity index (χ4v) is 0.796. The first-order valence-corrected chi connectivity index (χ1v) is 4.21. The molecule has 0 spiro atoms. The van der Waals surface area contributed by atoms with Crippen LogP contribution in [0, 0.1) is 0 Å². The summed E-state index contributed by atoms with van der Waals surface area (Å²) in [6.45, 7) is 3.69. The lowest BCUT2D eigenvalue weighted by atomic mass is 10.2. The van der Waals surface area contributed by atoms with Crippen LogP contribution in [0.5, 0.6) is 0 Å². The van der Waals surface area contributed by atoms with Gasteiger partial charge in [0.1, 0.15) is 0 Å². The van der Waals surface area contributed by atoms with Crippen LogP contribution in [0.15, 0.2) is 36.6 Å². The van der Waals surface area contributed by atoms with E-state index in [1.54, 1.807) is 18.2 Å². The average Bonchev–Trinajstić information content (AvgIpc) is 2.25. The Labute approximate surface area is 88.3 Å². The van der Waals surface area contributed by atoms with Crippen molar-refractivity contribution in [2.45, 2.75) is 0 Å². The fraction of sp³-hybridized carbons (Fsp3) is 0.200. The highest BCUT2D eigenvalue weighted by atomic mass is 16.5. The number of nitrogens with two attached hydrogens (primary N) is 1. The third-order valence-electron chi connectivity index (χ3n) is 1.47. The third kappa shape index (κ3) is 5.30. The SMILES string of the molecule is C=C/C=C(\C=C/N)CNC(=O)C(=O)OC. The quantitative estimate of drug-likeness (QED) is 0.384. The first kappa shape index (κ1) is 13.0. The van der Waals surface area contributed by atoms with Crippen molar-refractivity contribution in [1.29, 1.82) is 0 Å². The minimum absolute atomic E-state index is 0.188. The second kappa shape index (κ2) is 7.37. The number of allylic oxidation sites excluding steroid dienone is 2. The maximum absolute atomic E-state index is 11.0. The summed E-state index contributed by atoms with van der Waals surface area (Å²) in [5, 5.41) is 2.37. The molecule has 0 heterocycles. The van der Waals surface area contributed by atoms with Gasteiger partial charge in [-0.3, -0.25) is 4.79 Å². The molecular formula is C10H14N2O3. The highest BCUT2D eigenvalue weighted by molar-refractivity contribution is 6.32. The molecule has 0 atom stereocenters. The molecule has 0 saturated carbocycles. The molecule has 0 fully saturated rings. The van der Waals surface area contributed by atoms with E-state index in [1.165, 1.54) is 6.20 Å². The summed E-state index contributed by atoms with van der Waals surface area (Å²) in [4.78, 5) is 21.7. The average molecular weight is 210 g/mol. The number of rotatable bonds is 4. The van der Waals surface area contributed by atoms with E-state index in [2.05, 4.69) is 16.6 Å². The van der Waals surface area contributed by atoms with Gasteiger partial charge in [0.05, 0.1) is 7.11 Å². The molecule has 0 aromatic carbocycles. The number of carbonyl (C=O) groups is 2. The summed E-state index contributed by atoms with van der Waals surface area (Å²) in [6, 6.07) is 0. The van der Waals surface area contributed by atoms with Crippen molar-refractivity contribution in [2.75, 3.05) is 13.7 Å². The van der Waals surface area contributed by atoms with E-state index in [-0.39, 0.29) is 6.54 Å². The van der Waals surface area contributed by atoms with Crippen LogP contribution in [0.4, 0.5) is 0 Å². The van der Waals surface area contributed by atoms with Crippen LogP contribution < -0.4 is 11.1 Å². The lowest BCUT2D eigenvalue weighted by molar-refractivity contribution is -0.152. The molecule has 3 N–H and O–H groups in total. The van der Waals surface area contributed by atoms with Crippen molar-refractivity contribution in [1.82, 2.24) is 5.32 Å². The number of methoxy groups -OCH3 is 1. The van der Waals surface area contributed by atoms with Gasteiger partial charge < -0.3 is 15.8 Å². The van der Waals surface area contributed by atoms with Gasteiger partial charge in [0.2, 0.25) is 0 Å². The van der Waals surface area contributed by atoms with E-state index >= 15 is 0 Å². The summed E-state index contributed by atoms with van der Waals surface area (Å²) < 4.78 is 4.23. The minimum Gasteiger partial charge on any atom is -0.462 e. The summed E-state index contributed by atoms with van der Waals surface area (Å²) in [5.41, 5.74) is 5.92. The normalized spacial score (nSPS) is 11.1. The van der Waals surface area contributed by atoms with Gasteiger partial charge in [0.15, 0.2) is 0 Å². The maximum Gasteiger partial charge on any atom is 0.396 e. The second-order valence-electron chi connectivity index (χ2n) is 2.51. The maximum atomic E-state index is 11.0. The molecule has 0 bridgehead atoms. The van der Waals surface area contributed by atoms with Crippen molar-refractivity contribution in [3.63, 3.8) is 0 Å². The highest BCUT2D eigenvalue weighted by Gasteiger charge is 2.12. The first-order valence-electron chi connectivity index (χ1n) is 4.21. The Hall–Kier alpha value is -2.04. The van der Waals surface area contributed by atoms with Gasteiger partial charge in [-0.05, 0) is 17.8 Å². The Morgan fingerprint density at radius 2 is 2.20 bits per heavy atom. The standard InChI is InChI=1S/C10H14N2O3/c1-3-4-8(5-6-11)7-12-9(13)10(14)15-2/h3-6H,1,7,11H2,2H3,(H,12,13)/b6-5-,8-4+. The van der Waals surface area contributed by atoms with Gasteiger partial charge in [0.25, 0.3) is 0 Å². The van der Waals surface area contributed by atoms with Crippen LogP contribution in [0.3, 0.4) is 0 Å². The summed E-state index contributed by atoms with van der Waals surface area (Å²) >= 11 is 0. The van der Waals surface area contributed by atoms with Gasteiger partial charge in [-0.1, -0.05) is 18.7 Å². The van der Waals surface area contributed by atoms with E-state index in [0.717, 1.165) is 12.7 Å². The van der Waals surface area contributed by atoms with Gasteiger partial charge in [-0.15, -0.1) is 0 Å². The predicted octanol–water partition coefficient (Wildman–Crippen LogP) is -0.140. The summed E-state index contributed by atoms with van der Waals surface area (Å²) in [7, 11) is 1.14. The van der Waals surface area contributed by atoms with Crippen LogP contribution in [0.2, 0.25) is 0 Å². The topological polar surface area (TPSA) is 81.4 Å². The molecule has 0 saturated heterocycles. The van der Waals surface area contributed by atoms with Crippen molar-refractivity contribution < 1.29 is 14.3 Å². The van der Waals surface area contributed by atoms with Crippen LogP contribution in [0.1, 0.15) is 0 Å². The number of hydrogen-bond donors (Lipinski definition) is 2. The smallest absolute Gasteiger partial charge is 0.396 e. The van der Waals surface area contributed by atoms with E-state index in [9.17, 15) is 9.59 Å². The minimum atomic E-state index is -0.926. The van der Waals surface area contributed by atoms with Crippen LogP contribution in [0.25, 0.3) is 0 Å². The monoisotopic (exact) mass is 210 g/mol.